The molecule has 0 aromatic carbocycles. The Morgan fingerprint density at radius 1 is 1.29 bits per heavy atom. The second kappa shape index (κ2) is 7.32. The van der Waals surface area contributed by atoms with Crippen LogP contribution in [0, 0.1) is 12.8 Å². The molecule has 7 heteroatoms. The van der Waals surface area contributed by atoms with E-state index in [1.165, 1.54) is 17.5 Å². The third-order valence-corrected chi connectivity index (χ3v) is 5.42. The molecule has 1 aliphatic heterocycles. The first-order valence-electron chi connectivity index (χ1n) is 7.80. The zero-order valence-electron chi connectivity index (χ0n) is 13.3. The molecule has 1 fully saturated rings. The molecule has 1 saturated heterocycles. The van der Waals surface area contributed by atoms with Gasteiger partial charge in [0.1, 0.15) is 5.82 Å². The minimum absolute atomic E-state index is 0.0516. The summed E-state index contributed by atoms with van der Waals surface area (Å²) in [5, 5.41) is 5.27. The van der Waals surface area contributed by atoms with Gasteiger partial charge in [0.05, 0.1) is 9.90 Å². The average molecular weight is 364 g/mol. The molecule has 24 heavy (non-hydrogen) atoms. The highest BCUT2D eigenvalue weighted by Crippen LogP contribution is 2.24. The fourth-order valence-electron chi connectivity index (χ4n) is 2.76. The number of aryl methyl sites for hydroxylation is 1. The molecule has 3 rings (SSSR count). The fourth-order valence-corrected chi connectivity index (χ4v) is 3.76. The summed E-state index contributed by atoms with van der Waals surface area (Å²) >= 11 is 7.26. The Labute approximate surface area is 149 Å². The molecule has 0 spiro atoms. The highest BCUT2D eigenvalue weighted by molar-refractivity contribution is 7.12. The standard InChI is InChI=1S/C17H18ClN3O2S/c1-11-6-9-24-15(11)17(23)21-7-4-12(5-8-21)16(22)20-14-3-2-13(18)10-19-14/h2-3,6,9-10,12H,4-5,7-8H2,1H3,(H,19,20,22). The molecule has 0 radical (unpaired) electrons. The summed E-state index contributed by atoms with van der Waals surface area (Å²) in [4.78, 5) is 31.5. The van der Waals surface area contributed by atoms with Gasteiger partial charge in [-0.25, -0.2) is 4.98 Å². The zero-order chi connectivity index (χ0) is 17.1. The molecule has 1 aliphatic rings. The smallest absolute Gasteiger partial charge is 0.264 e. The van der Waals surface area contributed by atoms with E-state index in [-0.39, 0.29) is 17.7 Å². The summed E-state index contributed by atoms with van der Waals surface area (Å²) < 4.78 is 0. The minimum Gasteiger partial charge on any atom is -0.338 e. The highest BCUT2D eigenvalue weighted by Gasteiger charge is 2.28. The molecule has 2 aromatic heterocycles. The van der Waals surface area contributed by atoms with Crippen LogP contribution in [0.1, 0.15) is 28.1 Å². The van der Waals surface area contributed by atoms with E-state index < -0.39 is 0 Å². The predicted molar refractivity (Wildman–Crippen MR) is 95.6 cm³/mol. The van der Waals surface area contributed by atoms with Gasteiger partial charge >= 0.3 is 0 Å². The third-order valence-electron chi connectivity index (χ3n) is 4.19. The van der Waals surface area contributed by atoms with Crippen molar-refractivity contribution < 1.29 is 9.59 Å². The van der Waals surface area contributed by atoms with E-state index in [0.717, 1.165) is 10.4 Å². The van der Waals surface area contributed by atoms with Crippen molar-refractivity contribution >= 4 is 40.6 Å². The number of piperidine rings is 1. The van der Waals surface area contributed by atoms with Gasteiger partial charge in [0.2, 0.25) is 5.91 Å². The Kier molecular flexibility index (Phi) is 5.16. The molecule has 2 amide bonds. The molecule has 0 saturated carbocycles. The number of pyridine rings is 1. The lowest BCUT2D eigenvalue weighted by molar-refractivity contribution is -0.121. The second-order valence-electron chi connectivity index (χ2n) is 5.85. The molecule has 0 aliphatic carbocycles. The van der Waals surface area contributed by atoms with E-state index in [9.17, 15) is 9.59 Å². The quantitative estimate of drug-likeness (QED) is 0.906. The van der Waals surface area contributed by atoms with Crippen molar-refractivity contribution in [1.82, 2.24) is 9.88 Å². The lowest BCUT2D eigenvalue weighted by Crippen LogP contribution is -2.41. The number of carbonyl (C=O) groups is 2. The molecule has 0 unspecified atom stereocenters. The Morgan fingerprint density at radius 3 is 2.62 bits per heavy atom. The summed E-state index contributed by atoms with van der Waals surface area (Å²) in [6.07, 6.45) is 2.83. The van der Waals surface area contributed by atoms with Crippen molar-refractivity contribution in [2.75, 3.05) is 18.4 Å². The Bertz CT molecular complexity index is 737. The molecule has 0 bridgehead atoms. The van der Waals surface area contributed by atoms with Crippen LogP contribution in [0.2, 0.25) is 5.02 Å². The van der Waals surface area contributed by atoms with Gasteiger partial charge in [-0.1, -0.05) is 11.6 Å². The van der Waals surface area contributed by atoms with Crippen LogP contribution in [0.4, 0.5) is 5.82 Å². The van der Waals surface area contributed by atoms with E-state index in [0.29, 0.717) is 36.8 Å². The second-order valence-corrected chi connectivity index (χ2v) is 7.20. The van der Waals surface area contributed by atoms with Gasteiger partial charge in [-0.3, -0.25) is 9.59 Å². The maximum atomic E-state index is 12.5. The summed E-state index contributed by atoms with van der Waals surface area (Å²) in [6.45, 7) is 3.15. The van der Waals surface area contributed by atoms with Gasteiger partial charge in [-0.15, -0.1) is 11.3 Å². The first kappa shape index (κ1) is 16.9. The van der Waals surface area contributed by atoms with Crippen molar-refractivity contribution in [3.05, 3.63) is 45.2 Å². The monoisotopic (exact) mass is 363 g/mol. The zero-order valence-corrected chi connectivity index (χ0v) is 14.9. The molecule has 3 heterocycles. The highest BCUT2D eigenvalue weighted by atomic mass is 35.5. The molecule has 5 nitrogen and oxygen atoms in total. The SMILES string of the molecule is Cc1ccsc1C(=O)N1CCC(C(=O)Nc2ccc(Cl)cn2)CC1. The number of amides is 2. The van der Waals surface area contributed by atoms with Crippen LogP contribution in [0.15, 0.2) is 29.8 Å². The minimum atomic E-state index is -0.101. The molecule has 1 N–H and O–H groups in total. The summed E-state index contributed by atoms with van der Waals surface area (Å²) in [7, 11) is 0. The molecule has 2 aromatic rings. The van der Waals surface area contributed by atoms with E-state index in [1.807, 2.05) is 23.3 Å². The van der Waals surface area contributed by atoms with Crippen molar-refractivity contribution in [1.29, 1.82) is 0 Å². The molecule has 126 valence electrons. The maximum Gasteiger partial charge on any atom is 0.264 e. The Balaban J connectivity index is 1.55. The number of hydrogen-bond donors (Lipinski definition) is 1. The van der Waals surface area contributed by atoms with Crippen molar-refractivity contribution in [2.45, 2.75) is 19.8 Å². The van der Waals surface area contributed by atoms with Crippen LogP contribution in [0.3, 0.4) is 0 Å². The first-order valence-corrected chi connectivity index (χ1v) is 9.06. The van der Waals surface area contributed by atoms with Gasteiger partial charge in [0.25, 0.3) is 5.91 Å². The average Bonchev–Trinajstić information content (AvgIpc) is 3.02. The van der Waals surface area contributed by atoms with Gasteiger partial charge in [-0.05, 0) is 48.9 Å². The molecular weight excluding hydrogens is 346 g/mol. The number of hydrogen-bond acceptors (Lipinski definition) is 4. The van der Waals surface area contributed by atoms with Crippen molar-refractivity contribution in [3.63, 3.8) is 0 Å². The lowest BCUT2D eigenvalue weighted by Gasteiger charge is -2.31. The van der Waals surface area contributed by atoms with Crippen molar-refractivity contribution in [2.24, 2.45) is 5.92 Å². The molecule has 0 atom stereocenters. The largest absolute Gasteiger partial charge is 0.338 e. The summed E-state index contributed by atoms with van der Waals surface area (Å²) in [5.74, 6) is 0.415. The number of nitrogens with one attached hydrogen (secondary N) is 1. The number of thiophene rings is 1. The van der Waals surface area contributed by atoms with Crippen molar-refractivity contribution in [3.8, 4) is 0 Å². The van der Waals surface area contributed by atoms with E-state index in [1.54, 1.807) is 12.1 Å². The normalized spacial score (nSPS) is 15.3. The van der Waals surface area contributed by atoms with Gasteiger partial charge < -0.3 is 10.2 Å². The summed E-state index contributed by atoms with van der Waals surface area (Å²) in [5.41, 5.74) is 1.01. The number of halogens is 1. The van der Waals surface area contributed by atoms with E-state index in [4.69, 9.17) is 11.6 Å². The Morgan fingerprint density at radius 2 is 2.04 bits per heavy atom. The van der Waals surface area contributed by atoms with E-state index >= 15 is 0 Å². The topological polar surface area (TPSA) is 62.3 Å². The van der Waals surface area contributed by atoms with Crippen LogP contribution < -0.4 is 5.32 Å². The van der Waals surface area contributed by atoms with E-state index in [2.05, 4.69) is 10.3 Å². The number of aromatic nitrogens is 1. The Hall–Kier alpha value is -1.92. The number of carbonyl (C=O) groups excluding carboxylic acids is 2. The van der Waals surface area contributed by atoms with Crippen LogP contribution in [-0.2, 0) is 4.79 Å². The first-order chi connectivity index (χ1) is 11.5. The number of rotatable bonds is 3. The lowest BCUT2D eigenvalue weighted by atomic mass is 9.95. The number of anilines is 1. The maximum absolute atomic E-state index is 12.5. The van der Waals surface area contributed by atoms with Gasteiger partial charge in [0.15, 0.2) is 0 Å². The number of likely N-dealkylation sites (tertiary alicyclic amines) is 1. The van der Waals surface area contributed by atoms with Gasteiger partial charge in [0, 0.05) is 25.2 Å². The van der Waals surface area contributed by atoms with Crippen LogP contribution in [0.25, 0.3) is 0 Å². The van der Waals surface area contributed by atoms with Crippen LogP contribution in [-0.4, -0.2) is 34.8 Å². The molecular formula is C17H18ClN3O2S. The van der Waals surface area contributed by atoms with Crippen LogP contribution in [0.5, 0.6) is 0 Å². The third kappa shape index (κ3) is 3.76. The van der Waals surface area contributed by atoms with Gasteiger partial charge in [-0.2, -0.15) is 0 Å². The predicted octanol–water partition coefficient (Wildman–Crippen LogP) is 3.60. The fraction of sp³-hybridized carbons (Fsp3) is 0.353. The summed E-state index contributed by atoms with van der Waals surface area (Å²) in [6, 6.07) is 5.32. The number of nitrogens with zero attached hydrogens (tertiary/aromatic N) is 2. The van der Waals surface area contributed by atoms with Crippen LogP contribution >= 0.6 is 22.9 Å².